The third-order valence-electron chi connectivity index (χ3n) is 6.78. The number of nitrogens with zero attached hydrogens (tertiary/aromatic N) is 3. The van der Waals surface area contributed by atoms with Crippen LogP contribution in [0, 0.1) is 11.7 Å². The second-order valence-corrected chi connectivity index (χ2v) is 10.4. The van der Waals surface area contributed by atoms with Crippen LogP contribution in [0.5, 0.6) is 0 Å². The number of hydrogen-bond donors (Lipinski definition) is 1. The molecule has 4 amide bonds. The predicted molar refractivity (Wildman–Crippen MR) is 134 cm³/mol. The van der Waals surface area contributed by atoms with Crippen LogP contribution >= 0.6 is 11.3 Å². The third kappa shape index (κ3) is 5.62. The molecule has 1 N–H and O–H groups in total. The lowest BCUT2D eigenvalue weighted by molar-refractivity contribution is -0.134. The number of likely N-dealkylation sites (tertiary alicyclic amines) is 1. The van der Waals surface area contributed by atoms with Gasteiger partial charge in [0, 0.05) is 43.6 Å². The first-order chi connectivity index (χ1) is 16.8. The van der Waals surface area contributed by atoms with Gasteiger partial charge in [0.15, 0.2) is 0 Å². The van der Waals surface area contributed by atoms with E-state index < -0.39 is 11.6 Å². The molecule has 0 aliphatic carbocycles. The zero-order valence-corrected chi connectivity index (χ0v) is 20.9. The molecule has 0 saturated carbocycles. The van der Waals surface area contributed by atoms with E-state index in [2.05, 4.69) is 5.32 Å². The highest BCUT2D eigenvalue weighted by atomic mass is 32.1. The van der Waals surface area contributed by atoms with E-state index in [0.717, 1.165) is 4.88 Å². The number of carbonyl (C=O) groups excluding carboxylic acids is 3. The number of thiophene rings is 1. The van der Waals surface area contributed by atoms with Gasteiger partial charge in [0.1, 0.15) is 11.4 Å². The van der Waals surface area contributed by atoms with Gasteiger partial charge in [0.25, 0.3) is 5.91 Å². The molecule has 1 atom stereocenters. The summed E-state index contributed by atoms with van der Waals surface area (Å²) in [6.07, 6.45) is 4.75. The summed E-state index contributed by atoms with van der Waals surface area (Å²) in [7, 11) is 3.77. The Kier molecular flexibility index (Phi) is 7.66. The first-order valence-corrected chi connectivity index (χ1v) is 12.7. The number of piperidine rings is 1. The van der Waals surface area contributed by atoms with Crippen molar-refractivity contribution in [3.8, 4) is 0 Å². The molecular formula is C26H31FN4O3S. The molecule has 4 rings (SSSR count). The van der Waals surface area contributed by atoms with Crippen molar-refractivity contribution >= 4 is 35.3 Å². The van der Waals surface area contributed by atoms with E-state index in [4.69, 9.17) is 0 Å². The van der Waals surface area contributed by atoms with Crippen LogP contribution in [-0.4, -0.2) is 78.4 Å². The minimum atomic E-state index is -1.15. The van der Waals surface area contributed by atoms with E-state index in [-0.39, 0.29) is 36.5 Å². The molecule has 2 saturated heterocycles. The van der Waals surface area contributed by atoms with Crippen LogP contribution in [0.4, 0.5) is 9.18 Å². The van der Waals surface area contributed by atoms with Crippen molar-refractivity contribution in [1.82, 2.24) is 20.0 Å². The maximum absolute atomic E-state index is 13.9. The molecule has 1 aromatic carbocycles. The first kappa shape index (κ1) is 25.1. The number of halogens is 1. The zero-order chi connectivity index (χ0) is 25.0. The third-order valence-corrected chi connectivity index (χ3v) is 7.62. The number of likely N-dealkylation sites (N-methyl/N-ethyl adjacent to an activating group) is 1. The summed E-state index contributed by atoms with van der Waals surface area (Å²) >= 11 is 1.57. The molecule has 7 nitrogen and oxygen atoms in total. The smallest absolute Gasteiger partial charge is 0.325 e. The lowest BCUT2D eigenvalue weighted by atomic mass is 9.74. The number of nitrogens with one attached hydrogen (secondary N) is 1. The molecule has 0 bridgehead atoms. The molecule has 35 heavy (non-hydrogen) atoms. The highest BCUT2D eigenvalue weighted by Crippen LogP contribution is 2.36. The Morgan fingerprint density at radius 3 is 2.66 bits per heavy atom. The van der Waals surface area contributed by atoms with E-state index in [9.17, 15) is 18.8 Å². The van der Waals surface area contributed by atoms with Crippen LogP contribution in [0.2, 0.25) is 0 Å². The fourth-order valence-corrected chi connectivity index (χ4v) is 5.51. The summed E-state index contributed by atoms with van der Waals surface area (Å²) in [6.45, 7) is 1.82. The van der Waals surface area contributed by atoms with Crippen molar-refractivity contribution in [3.63, 3.8) is 0 Å². The Labute approximate surface area is 209 Å². The zero-order valence-electron chi connectivity index (χ0n) is 20.1. The minimum absolute atomic E-state index is 0.0644. The number of urea groups is 1. The van der Waals surface area contributed by atoms with Gasteiger partial charge in [-0.15, -0.1) is 11.3 Å². The van der Waals surface area contributed by atoms with Crippen LogP contribution < -0.4 is 5.32 Å². The maximum Gasteiger partial charge on any atom is 0.325 e. The van der Waals surface area contributed by atoms with Crippen LogP contribution in [0.1, 0.15) is 23.3 Å². The van der Waals surface area contributed by atoms with Crippen molar-refractivity contribution in [2.75, 3.05) is 40.3 Å². The summed E-state index contributed by atoms with van der Waals surface area (Å²) in [4.78, 5) is 45.3. The van der Waals surface area contributed by atoms with Gasteiger partial charge >= 0.3 is 6.03 Å². The lowest BCUT2D eigenvalue weighted by Gasteiger charge is -2.41. The summed E-state index contributed by atoms with van der Waals surface area (Å²) in [5, 5.41) is 4.96. The number of imide groups is 1. The minimum Gasteiger partial charge on any atom is -0.339 e. The topological polar surface area (TPSA) is 73.0 Å². The summed E-state index contributed by atoms with van der Waals surface area (Å²) < 4.78 is 13.9. The van der Waals surface area contributed by atoms with Crippen LogP contribution in [0.3, 0.4) is 0 Å². The summed E-state index contributed by atoms with van der Waals surface area (Å²) in [5.41, 5.74) is -0.496. The molecule has 0 spiro atoms. The van der Waals surface area contributed by atoms with E-state index in [1.54, 1.807) is 34.4 Å². The van der Waals surface area contributed by atoms with Crippen molar-refractivity contribution < 1.29 is 18.8 Å². The van der Waals surface area contributed by atoms with E-state index >= 15 is 0 Å². The quantitative estimate of drug-likeness (QED) is 0.448. The fraction of sp³-hybridized carbons (Fsp3) is 0.423. The van der Waals surface area contributed by atoms with Crippen molar-refractivity contribution in [1.29, 1.82) is 0 Å². The van der Waals surface area contributed by atoms with Crippen LogP contribution in [0.15, 0.2) is 47.9 Å². The highest BCUT2D eigenvalue weighted by Gasteiger charge is 2.55. The molecule has 0 radical (unpaired) electrons. The Morgan fingerprint density at radius 2 is 2.00 bits per heavy atom. The number of hydrogen-bond acceptors (Lipinski definition) is 5. The van der Waals surface area contributed by atoms with E-state index in [0.29, 0.717) is 38.0 Å². The molecule has 1 aromatic heterocycles. The standard InChI is InChI=1S/C26H31FN4O3S/c1-29(2)14-15-31-24(33)26(28-25(31)34,18-19-5-3-6-21(27)17-19)20-10-12-30(13-11-20)23(32)9-8-22-7-4-16-35-22/h3-9,16-17,20H,10-15,18H2,1-2H3,(H,28,34)/b9-8+. The van der Waals surface area contributed by atoms with Gasteiger partial charge in [0.05, 0.1) is 0 Å². The van der Waals surface area contributed by atoms with Crippen LogP contribution in [0.25, 0.3) is 6.08 Å². The van der Waals surface area contributed by atoms with E-state index in [1.165, 1.54) is 17.0 Å². The Balaban J connectivity index is 1.52. The predicted octanol–water partition coefficient (Wildman–Crippen LogP) is 3.23. The van der Waals surface area contributed by atoms with Gasteiger partial charge in [-0.25, -0.2) is 9.18 Å². The van der Waals surface area contributed by atoms with Gasteiger partial charge in [0.2, 0.25) is 5.91 Å². The molecule has 1 unspecified atom stereocenters. The Hall–Kier alpha value is -3.04. The van der Waals surface area contributed by atoms with Crippen LogP contribution in [-0.2, 0) is 16.0 Å². The van der Waals surface area contributed by atoms with Gasteiger partial charge in [-0.05, 0) is 68.1 Å². The molecule has 2 aliphatic heterocycles. The Morgan fingerprint density at radius 1 is 1.23 bits per heavy atom. The number of benzene rings is 1. The fourth-order valence-electron chi connectivity index (χ4n) is 4.90. The monoisotopic (exact) mass is 498 g/mol. The summed E-state index contributed by atoms with van der Waals surface area (Å²) in [6, 6.07) is 9.65. The normalized spacial score (nSPS) is 21.4. The average Bonchev–Trinajstić information content (AvgIpc) is 3.43. The van der Waals surface area contributed by atoms with Gasteiger partial charge in [-0.2, -0.15) is 0 Å². The van der Waals surface area contributed by atoms with Crippen molar-refractivity contribution in [2.45, 2.75) is 24.8 Å². The second kappa shape index (κ2) is 10.7. The molecule has 2 fully saturated rings. The number of rotatable bonds is 8. The molecular weight excluding hydrogens is 467 g/mol. The maximum atomic E-state index is 13.9. The van der Waals surface area contributed by atoms with Crippen molar-refractivity contribution in [3.05, 3.63) is 64.1 Å². The molecule has 2 aliphatic rings. The van der Waals surface area contributed by atoms with Gasteiger partial charge in [-0.1, -0.05) is 18.2 Å². The Bertz CT molecular complexity index is 1100. The molecule has 186 valence electrons. The number of amides is 4. The number of carbonyl (C=O) groups is 3. The highest BCUT2D eigenvalue weighted by molar-refractivity contribution is 7.10. The SMILES string of the molecule is CN(C)CCN1C(=O)NC(Cc2cccc(F)c2)(C2CCN(C(=O)/C=C/c3cccs3)CC2)C1=O. The summed E-state index contributed by atoms with van der Waals surface area (Å²) in [5.74, 6) is -0.880. The average molecular weight is 499 g/mol. The largest absolute Gasteiger partial charge is 0.339 e. The van der Waals surface area contributed by atoms with Crippen molar-refractivity contribution in [2.24, 2.45) is 5.92 Å². The lowest BCUT2D eigenvalue weighted by Crippen LogP contribution is -2.58. The molecule has 2 aromatic rings. The molecule has 9 heteroatoms. The van der Waals surface area contributed by atoms with Gasteiger partial charge < -0.3 is 15.1 Å². The van der Waals surface area contributed by atoms with E-state index in [1.807, 2.05) is 42.6 Å². The van der Waals surface area contributed by atoms with Gasteiger partial charge in [-0.3, -0.25) is 14.5 Å². The molecule has 3 heterocycles. The first-order valence-electron chi connectivity index (χ1n) is 11.8. The second-order valence-electron chi connectivity index (χ2n) is 9.42.